The topological polar surface area (TPSA) is 18.5 Å². The minimum atomic E-state index is -0.868. The van der Waals surface area contributed by atoms with Gasteiger partial charge in [0.25, 0.3) is 0 Å². The van der Waals surface area contributed by atoms with E-state index in [-0.39, 0.29) is 0 Å². The van der Waals surface area contributed by atoms with Crippen molar-refractivity contribution in [1.82, 2.24) is 0 Å². The Kier molecular flexibility index (Phi) is 6.58. The summed E-state index contributed by atoms with van der Waals surface area (Å²) in [6, 6.07) is 10.2. The van der Waals surface area contributed by atoms with Crippen LogP contribution >= 0.6 is 8.38 Å². The van der Waals surface area contributed by atoms with E-state index < -0.39 is 8.38 Å². The SMILES string of the molecule is CCCOP(OCCC)c1ccccc1. The van der Waals surface area contributed by atoms with E-state index in [1.54, 1.807) is 0 Å². The van der Waals surface area contributed by atoms with Gasteiger partial charge in [-0.05, 0) is 25.0 Å². The monoisotopic (exact) mass is 226 g/mol. The van der Waals surface area contributed by atoms with Crippen molar-refractivity contribution in [2.45, 2.75) is 26.7 Å². The molecule has 0 saturated carbocycles. The van der Waals surface area contributed by atoms with Gasteiger partial charge in [0.05, 0.1) is 13.2 Å². The molecule has 1 aromatic carbocycles. The van der Waals surface area contributed by atoms with Gasteiger partial charge >= 0.3 is 0 Å². The summed E-state index contributed by atoms with van der Waals surface area (Å²) in [5.74, 6) is 0. The lowest BCUT2D eigenvalue weighted by Crippen LogP contribution is -2.06. The Morgan fingerprint density at radius 3 is 1.93 bits per heavy atom. The van der Waals surface area contributed by atoms with Gasteiger partial charge in [-0.2, -0.15) is 0 Å². The summed E-state index contributed by atoms with van der Waals surface area (Å²) < 4.78 is 11.4. The van der Waals surface area contributed by atoms with Crippen molar-refractivity contribution in [3.63, 3.8) is 0 Å². The number of hydrogen-bond acceptors (Lipinski definition) is 2. The second-order valence-electron chi connectivity index (χ2n) is 3.26. The molecule has 0 amide bonds. The van der Waals surface area contributed by atoms with E-state index in [0.717, 1.165) is 31.4 Å². The molecule has 0 bridgehead atoms. The van der Waals surface area contributed by atoms with Crippen molar-refractivity contribution in [3.8, 4) is 0 Å². The fraction of sp³-hybridized carbons (Fsp3) is 0.500. The van der Waals surface area contributed by atoms with Crippen molar-refractivity contribution < 1.29 is 9.05 Å². The van der Waals surface area contributed by atoms with Crippen molar-refractivity contribution in [2.24, 2.45) is 0 Å². The maximum Gasteiger partial charge on any atom is 0.205 e. The molecule has 0 N–H and O–H groups in total. The molecule has 3 heteroatoms. The number of hydrogen-bond donors (Lipinski definition) is 0. The zero-order chi connectivity index (χ0) is 10.9. The van der Waals surface area contributed by atoms with E-state index in [1.165, 1.54) is 0 Å². The quantitative estimate of drug-likeness (QED) is 0.663. The molecule has 15 heavy (non-hydrogen) atoms. The van der Waals surface area contributed by atoms with E-state index in [9.17, 15) is 0 Å². The van der Waals surface area contributed by atoms with Gasteiger partial charge in [0.2, 0.25) is 8.38 Å². The molecule has 0 atom stereocenters. The minimum absolute atomic E-state index is 0.768. The molecule has 2 nitrogen and oxygen atoms in total. The molecule has 0 unspecified atom stereocenters. The smallest absolute Gasteiger partial charge is 0.205 e. The Labute approximate surface area is 93.5 Å². The predicted octanol–water partition coefficient (Wildman–Crippen LogP) is 3.48. The van der Waals surface area contributed by atoms with Gasteiger partial charge < -0.3 is 9.05 Å². The molecular weight excluding hydrogens is 207 g/mol. The molecule has 0 heterocycles. The summed E-state index contributed by atoms with van der Waals surface area (Å²) in [5.41, 5.74) is 0. The average Bonchev–Trinajstić information content (AvgIpc) is 2.30. The van der Waals surface area contributed by atoms with Crippen LogP contribution < -0.4 is 5.30 Å². The molecule has 0 aromatic heterocycles. The van der Waals surface area contributed by atoms with Crippen molar-refractivity contribution in [3.05, 3.63) is 30.3 Å². The van der Waals surface area contributed by atoms with Crippen LogP contribution in [0.5, 0.6) is 0 Å². The zero-order valence-corrected chi connectivity index (χ0v) is 10.4. The highest BCUT2D eigenvalue weighted by Crippen LogP contribution is 2.37. The number of benzene rings is 1. The molecule has 1 aromatic rings. The first kappa shape index (κ1) is 12.6. The minimum Gasteiger partial charge on any atom is -0.331 e. The summed E-state index contributed by atoms with van der Waals surface area (Å²) in [5, 5.41) is 1.16. The normalized spacial score (nSPS) is 10.9. The van der Waals surface area contributed by atoms with Gasteiger partial charge in [-0.25, -0.2) is 0 Å². The standard InChI is InChI=1S/C12H19O2P/c1-3-10-13-15(14-11-4-2)12-8-6-5-7-9-12/h5-9H,3-4,10-11H2,1-2H3. The second-order valence-corrected chi connectivity index (χ2v) is 4.81. The van der Waals surface area contributed by atoms with Gasteiger partial charge in [0.15, 0.2) is 0 Å². The molecule has 0 aliphatic carbocycles. The third-order valence-corrected chi connectivity index (χ3v) is 3.35. The van der Waals surface area contributed by atoms with E-state index in [1.807, 2.05) is 18.2 Å². The Balaban J connectivity index is 2.55. The highest BCUT2D eigenvalue weighted by Gasteiger charge is 2.12. The van der Waals surface area contributed by atoms with Gasteiger partial charge in [0.1, 0.15) is 0 Å². The summed E-state index contributed by atoms with van der Waals surface area (Å²) in [6.07, 6.45) is 2.06. The lowest BCUT2D eigenvalue weighted by atomic mass is 10.4. The Morgan fingerprint density at radius 2 is 1.47 bits per heavy atom. The molecule has 0 aliphatic heterocycles. The maximum absolute atomic E-state index is 5.72. The van der Waals surface area contributed by atoms with E-state index >= 15 is 0 Å². The van der Waals surface area contributed by atoms with E-state index in [2.05, 4.69) is 26.0 Å². The van der Waals surface area contributed by atoms with Crippen LogP contribution in [0.4, 0.5) is 0 Å². The molecule has 0 fully saturated rings. The Bertz CT molecular complexity index is 243. The second kappa shape index (κ2) is 7.81. The van der Waals surface area contributed by atoms with E-state index in [0.29, 0.717) is 0 Å². The molecular formula is C12H19O2P. The molecule has 1 rings (SSSR count). The molecule has 0 aliphatic rings. The van der Waals surface area contributed by atoms with Crippen LogP contribution in [-0.2, 0) is 9.05 Å². The van der Waals surface area contributed by atoms with E-state index in [4.69, 9.17) is 9.05 Å². The molecule has 0 spiro atoms. The highest BCUT2D eigenvalue weighted by atomic mass is 31.2. The van der Waals surface area contributed by atoms with Crippen LogP contribution in [0.3, 0.4) is 0 Å². The third-order valence-electron chi connectivity index (χ3n) is 1.79. The Morgan fingerprint density at radius 1 is 0.933 bits per heavy atom. The summed E-state index contributed by atoms with van der Waals surface area (Å²) in [7, 11) is -0.868. The van der Waals surface area contributed by atoms with Crippen molar-refractivity contribution >= 4 is 13.7 Å². The Hall–Kier alpha value is -0.430. The fourth-order valence-corrected chi connectivity index (χ4v) is 2.57. The lowest BCUT2D eigenvalue weighted by molar-refractivity contribution is 0.257. The van der Waals surface area contributed by atoms with Crippen LogP contribution in [0.1, 0.15) is 26.7 Å². The highest BCUT2D eigenvalue weighted by molar-refractivity contribution is 7.56. The third kappa shape index (κ3) is 4.74. The first-order valence-electron chi connectivity index (χ1n) is 5.49. The van der Waals surface area contributed by atoms with Crippen LogP contribution in [0.25, 0.3) is 0 Å². The summed E-state index contributed by atoms with van der Waals surface area (Å²) >= 11 is 0. The van der Waals surface area contributed by atoms with Crippen LogP contribution in [0.2, 0.25) is 0 Å². The van der Waals surface area contributed by atoms with Crippen molar-refractivity contribution in [2.75, 3.05) is 13.2 Å². The van der Waals surface area contributed by atoms with Crippen LogP contribution in [0, 0.1) is 0 Å². The van der Waals surface area contributed by atoms with Gasteiger partial charge in [-0.15, -0.1) is 0 Å². The van der Waals surface area contributed by atoms with Crippen LogP contribution in [-0.4, -0.2) is 13.2 Å². The first-order chi connectivity index (χ1) is 7.38. The fourth-order valence-electron chi connectivity index (χ4n) is 1.08. The van der Waals surface area contributed by atoms with Crippen molar-refractivity contribution in [1.29, 1.82) is 0 Å². The van der Waals surface area contributed by atoms with Gasteiger partial charge in [-0.3, -0.25) is 0 Å². The van der Waals surface area contributed by atoms with Gasteiger partial charge in [-0.1, -0.05) is 32.0 Å². The maximum atomic E-state index is 5.72. The van der Waals surface area contributed by atoms with Crippen LogP contribution in [0.15, 0.2) is 30.3 Å². The molecule has 0 saturated heterocycles. The predicted molar refractivity (Wildman–Crippen MR) is 65.5 cm³/mol. The molecule has 0 radical (unpaired) electrons. The summed E-state index contributed by atoms with van der Waals surface area (Å²) in [6.45, 7) is 5.76. The summed E-state index contributed by atoms with van der Waals surface area (Å²) in [4.78, 5) is 0. The lowest BCUT2D eigenvalue weighted by Gasteiger charge is -2.16. The molecule has 84 valence electrons. The number of rotatable bonds is 7. The van der Waals surface area contributed by atoms with Gasteiger partial charge in [0, 0.05) is 5.30 Å². The zero-order valence-electron chi connectivity index (χ0n) is 9.48. The largest absolute Gasteiger partial charge is 0.331 e. The average molecular weight is 226 g/mol. The first-order valence-corrected chi connectivity index (χ1v) is 6.67.